The molecule has 1 aromatic heterocycles. The van der Waals surface area contributed by atoms with Crippen LogP contribution in [0, 0.1) is 0 Å². The Morgan fingerprint density at radius 2 is 2.31 bits per heavy atom. The lowest BCUT2D eigenvalue weighted by Crippen LogP contribution is -2.04. The minimum atomic E-state index is 0.226. The van der Waals surface area contributed by atoms with E-state index in [0.717, 1.165) is 6.42 Å². The van der Waals surface area contributed by atoms with Crippen LogP contribution in [0.15, 0.2) is 12.3 Å². The molecule has 0 aliphatic rings. The molecular weight excluding hydrogens is 170 g/mol. The van der Waals surface area contributed by atoms with Gasteiger partial charge in [0.25, 0.3) is 0 Å². The Morgan fingerprint density at radius 1 is 1.46 bits per heavy atom. The van der Waals surface area contributed by atoms with Crippen molar-refractivity contribution in [2.75, 3.05) is 26.1 Å². The van der Waals surface area contributed by atoms with Crippen LogP contribution in [-0.4, -0.2) is 30.3 Å². The summed E-state index contributed by atoms with van der Waals surface area (Å²) in [4.78, 5) is 7.62. The molecule has 0 aliphatic heterocycles. The van der Waals surface area contributed by atoms with Crippen LogP contribution in [0.2, 0.25) is 0 Å². The molecule has 0 spiro atoms. The van der Waals surface area contributed by atoms with Crippen molar-refractivity contribution in [2.45, 2.75) is 6.42 Å². The van der Waals surface area contributed by atoms with Crippen molar-refractivity contribution in [3.8, 4) is 5.88 Å². The topological polar surface area (TPSA) is 70.3 Å². The van der Waals surface area contributed by atoms with Gasteiger partial charge in [-0.1, -0.05) is 0 Å². The van der Waals surface area contributed by atoms with Gasteiger partial charge in [0.1, 0.15) is 0 Å². The second-order valence-electron chi connectivity index (χ2n) is 2.45. The van der Waals surface area contributed by atoms with E-state index < -0.39 is 0 Å². The summed E-state index contributed by atoms with van der Waals surface area (Å²) in [6.45, 7) is 1.25. The molecule has 13 heavy (non-hydrogen) atoms. The van der Waals surface area contributed by atoms with Crippen LogP contribution < -0.4 is 10.5 Å². The molecule has 1 aromatic rings. The number of rotatable bonds is 5. The summed E-state index contributed by atoms with van der Waals surface area (Å²) >= 11 is 0. The second kappa shape index (κ2) is 5.31. The third kappa shape index (κ3) is 3.71. The molecule has 0 unspecified atom stereocenters. The second-order valence-corrected chi connectivity index (χ2v) is 2.45. The number of aromatic nitrogens is 2. The van der Waals surface area contributed by atoms with Gasteiger partial charge in [-0.05, 0) is 0 Å². The SMILES string of the molecule is COCCCOc1ccnc(N)n1. The van der Waals surface area contributed by atoms with Crippen LogP contribution >= 0.6 is 0 Å². The largest absolute Gasteiger partial charge is 0.477 e. The molecule has 72 valence electrons. The molecule has 0 amide bonds. The van der Waals surface area contributed by atoms with Gasteiger partial charge in [0.05, 0.1) is 6.61 Å². The first-order valence-electron chi connectivity index (χ1n) is 4.03. The molecule has 1 rings (SSSR count). The lowest BCUT2D eigenvalue weighted by molar-refractivity contribution is 0.170. The normalized spacial score (nSPS) is 9.92. The lowest BCUT2D eigenvalue weighted by atomic mass is 10.5. The summed E-state index contributed by atoms with van der Waals surface area (Å²) in [5.41, 5.74) is 5.36. The predicted octanol–water partition coefficient (Wildman–Crippen LogP) is 0.474. The van der Waals surface area contributed by atoms with Crippen LogP contribution in [0.3, 0.4) is 0 Å². The Bertz CT molecular complexity index is 255. The molecule has 0 aromatic carbocycles. The van der Waals surface area contributed by atoms with Gasteiger partial charge in [-0.25, -0.2) is 4.98 Å². The average molecular weight is 183 g/mol. The molecule has 0 aliphatic carbocycles. The average Bonchev–Trinajstić information content (AvgIpc) is 2.13. The third-order valence-electron chi connectivity index (χ3n) is 1.39. The first-order valence-corrected chi connectivity index (χ1v) is 4.03. The molecule has 0 saturated carbocycles. The van der Waals surface area contributed by atoms with Crippen LogP contribution in [0.1, 0.15) is 6.42 Å². The minimum absolute atomic E-state index is 0.226. The van der Waals surface area contributed by atoms with Crippen molar-refractivity contribution in [3.05, 3.63) is 12.3 Å². The van der Waals surface area contributed by atoms with Gasteiger partial charge in [0.15, 0.2) is 0 Å². The van der Waals surface area contributed by atoms with E-state index in [1.54, 1.807) is 19.4 Å². The molecule has 0 bridgehead atoms. The molecule has 0 fully saturated rings. The Morgan fingerprint density at radius 3 is 3.00 bits per heavy atom. The monoisotopic (exact) mass is 183 g/mol. The van der Waals surface area contributed by atoms with Gasteiger partial charge in [0.2, 0.25) is 11.8 Å². The number of nitrogen functional groups attached to an aromatic ring is 1. The smallest absolute Gasteiger partial charge is 0.223 e. The molecule has 1 heterocycles. The van der Waals surface area contributed by atoms with Crippen LogP contribution in [0.25, 0.3) is 0 Å². The van der Waals surface area contributed by atoms with Crippen molar-refractivity contribution in [1.29, 1.82) is 0 Å². The number of hydrogen-bond acceptors (Lipinski definition) is 5. The van der Waals surface area contributed by atoms with Gasteiger partial charge in [-0.3, -0.25) is 0 Å². The summed E-state index contributed by atoms with van der Waals surface area (Å²) < 4.78 is 10.1. The number of ether oxygens (including phenoxy) is 2. The fourth-order valence-electron chi connectivity index (χ4n) is 0.817. The Hall–Kier alpha value is -1.36. The van der Waals surface area contributed by atoms with E-state index in [9.17, 15) is 0 Å². The Labute approximate surface area is 76.9 Å². The van der Waals surface area contributed by atoms with E-state index in [2.05, 4.69) is 9.97 Å². The summed E-state index contributed by atoms with van der Waals surface area (Å²) in [6, 6.07) is 1.67. The van der Waals surface area contributed by atoms with E-state index in [1.807, 2.05) is 0 Å². The van der Waals surface area contributed by atoms with Gasteiger partial charge in [0, 0.05) is 32.4 Å². The van der Waals surface area contributed by atoms with Crippen LogP contribution in [0.4, 0.5) is 5.95 Å². The van der Waals surface area contributed by atoms with Crippen LogP contribution in [0.5, 0.6) is 5.88 Å². The highest BCUT2D eigenvalue weighted by Gasteiger charge is 1.95. The highest BCUT2D eigenvalue weighted by Crippen LogP contribution is 2.05. The first-order chi connectivity index (χ1) is 6.33. The Balaban J connectivity index is 2.28. The number of hydrogen-bond donors (Lipinski definition) is 1. The van der Waals surface area contributed by atoms with Gasteiger partial charge >= 0.3 is 0 Å². The molecule has 0 atom stereocenters. The first kappa shape index (κ1) is 9.73. The van der Waals surface area contributed by atoms with Crippen molar-refractivity contribution in [1.82, 2.24) is 9.97 Å². The van der Waals surface area contributed by atoms with Crippen LogP contribution in [-0.2, 0) is 4.74 Å². The fraction of sp³-hybridized carbons (Fsp3) is 0.500. The van der Waals surface area contributed by atoms with Gasteiger partial charge in [-0.15, -0.1) is 0 Å². The van der Waals surface area contributed by atoms with Gasteiger partial charge in [-0.2, -0.15) is 4.98 Å². The van der Waals surface area contributed by atoms with E-state index in [0.29, 0.717) is 19.1 Å². The van der Waals surface area contributed by atoms with Crippen molar-refractivity contribution < 1.29 is 9.47 Å². The molecular formula is C8H13N3O2. The van der Waals surface area contributed by atoms with E-state index in [-0.39, 0.29) is 5.95 Å². The maximum Gasteiger partial charge on any atom is 0.223 e. The molecule has 5 heteroatoms. The molecule has 0 radical (unpaired) electrons. The predicted molar refractivity (Wildman–Crippen MR) is 48.4 cm³/mol. The number of nitrogens with two attached hydrogens (primary N) is 1. The van der Waals surface area contributed by atoms with Crippen molar-refractivity contribution in [2.24, 2.45) is 0 Å². The highest BCUT2D eigenvalue weighted by atomic mass is 16.5. The fourth-order valence-corrected chi connectivity index (χ4v) is 0.817. The van der Waals surface area contributed by atoms with Gasteiger partial charge < -0.3 is 15.2 Å². The number of nitrogens with zero attached hydrogens (tertiary/aromatic N) is 2. The summed E-state index contributed by atoms with van der Waals surface area (Å²) in [5, 5.41) is 0. The lowest BCUT2D eigenvalue weighted by Gasteiger charge is -2.03. The zero-order valence-electron chi connectivity index (χ0n) is 7.56. The summed E-state index contributed by atoms with van der Waals surface area (Å²) in [5.74, 6) is 0.729. The number of anilines is 1. The maximum absolute atomic E-state index is 5.36. The molecule has 5 nitrogen and oxygen atoms in total. The zero-order chi connectivity index (χ0) is 9.52. The highest BCUT2D eigenvalue weighted by molar-refractivity contribution is 5.20. The third-order valence-corrected chi connectivity index (χ3v) is 1.39. The summed E-state index contributed by atoms with van der Waals surface area (Å²) in [7, 11) is 1.66. The standard InChI is InChI=1S/C8H13N3O2/c1-12-5-2-6-13-7-3-4-10-8(9)11-7/h3-4H,2,5-6H2,1H3,(H2,9,10,11). The van der Waals surface area contributed by atoms with E-state index >= 15 is 0 Å². The zero-order valence-corrected chi connectivity index (χ0v) is 7.56. The summed E-state index contributed by atoms with van der Waals surface area (Å²) in [6.07, 6.45) is 2.40. The molecule has 2 N–H and O–H groups in total. The quantitative estimate of drug-likeness (QED) is 0.672. The van der Waals surface area contributed by atoms with Crippen molar-refractivity contribution in [3.63, 3.8) is 0 Å². The van der Waals surface area contributed by atoms with Crippen molar-refractivity contribution >= 4 is 5.95 Å². The number of methoxy groups -OCH3 is 1. The minimum Gasteiger partial charge on any atom is -0.477 e. The Kier molecular flexibility index (Phi) is 3.98. The van der Waals surface area contributed by atoms with E-state index in [4.69, 9.17) is 15.2 Å². The maximum atomic E-state index is 5.36. The van der Waals surface area contributed by atoms with E-state index in [1.165, 1.54) is 0 Å². The molecule has 0 saturated heterocycles.